The van der Waals surface area contributed by atoms with Gasteiger partial charge in [0.15, 0.2) is 0 Å². The van der Waals surface area contributed by atoms with E-state index >= 15 is 0 Å². The fraction of sp³-hybridized carbons (Fsp3) is 0.333. The average Bonchev–Trinajstić information content (AvgIpc) is 2.47. The largest absolute Gasteiger partial charge is 0.508 e. The van der Waals surface area contributed by atoms with Crippen LogP contribution < -0.4 is 16.4 Å². The van der Waals surface area contributed by atoms with E-state index in [1.807, 2.05) is 18.2 Å². The van der Waals surface area contributed by atoms with E-state index in [1.165, 1.54) is 0 Å². The Morgan fingerprint density at radius 1 is 1.05 bits per heavy atom. The lowest BCUT2D eigenvalue weighted by Gasteiger charge is -2.09. The van der Waals surface area contributed by atoms with Crippen LogP contribution in [0.2, 0.25) is 0 Å². The molecule has 0 aliphatic carbocycles. The minimum atomic E-state index is 0.253. The van der Waals surface area contributed by atoms with Gasteiger partial charge < -0.3 is 21.5 Å². The lowest BCUT2D eigenvalue weighted by molar-refractivity contribution is 0.475. The summed E-state index contributed by atoms with van der Waals surface area (Å²) in [4.78, 5) is 8.30. The number of phenolic OH excluding ortho intramolecular Hbond substituents is 1. The van der Waals surface area contributed by atoms with E-state index in [0.717, 1.165) is 37.3 Å². The van der Waals surface area contributed by atoms with E-state index in [9.17, 15) is 5.11 Å². The predicted molar refractivity (Wildman–Crippen MR) is 85.5 cm³/mol. The van der Waals surface area contributed by atoms with Crippen molar-refractivity contribution in [3.8, 4) is 5.75 Å². The van der Waals surface area contributed by atoms with Crippen molar-refractivity contribution in [3.63, 3.8) is 0 Å². The molecule has 0 fully saturated rings. The smallest absolute Gasteiger partial charge is 0.223 e. The summed E-state index contributed by atoms with van der Waals surface area (Å²) >= 11 is 0. The summed E-state index contributed by atoms with van der Waals surface area (Å²) in [6, 6.07) is 9.03. The second-order valence-electron chi connectivity index (χ2n) is 4.77. The Kier molecular flexibility index (Phi) is 5.20. The van der Waals surface area contributed by atoms with Crippen LogP contribution in [0.3, 0.4) is 0 Å². The summed E-state index contributed by atoms with van der Waals surface area (Å²) in [6.45, 7) is 3.67. The Morgan fingerprint density at radius 3 is 2.29 bits per heavy atom. The van der Waals surface area contributed by atoms with Crippen LogP contribution in [0.15, 0.2) is 30.3 Å². The number of nitrogens with two attached hydrogens (primary N) is 1. The number of nitrogens with one attached hydrogen (secondary N) is 2. The molecule has 0 aliphatic heterocycles. The number of nitrogen functional groups attached to an aromatic ring is 1. The molecule has 1 aromatic heterocycles. The molecule has 21 heavy (non-hydrogen) atoms. The van der Waals surface area contributed by atoms with Crippen LogP contribution in [0.4, 0.5) is 17.6 Å². The van der Waals surface area contributed by atoms with Gasteiger partial charge in [-0.2, -0.15) is 9.97 Å². The summed E-state index contributed by atoms with van der Waals surface area (Å²) in [5, 5.41) is 15.7. The molecule has 0 radical (unpaired) electrons. The van der Waals surface area contributed by atoms with Crippen molar-refractivity contribution in [2.75, 3.05) is 29.5 Å². The van der Waals surface area contributed by atoms with Crippen molar-refractivity contribution in [2.45, 2.75) is 19.8 Å². The van der Waals surface area contributed by atoms with E-state index < -0.39 is 0 Å². The third-order valence-electron chi connectivity index (χ3n) is 2.96. The normalized spacial score (nSPS) is 10.3. The highest BCUT2D eigenvalue weighted by Gasteiger charge is 2.02. The molecule has 0 unspecified atom stereocenters. The SMILES string of the molecule is CCCNc1cc(NCCc2ccc(O)cc2)nc(N)n1. The van der Waals surface area contributed by atoms with Crippen LogP contribution >= 0.6 is 0 Å². The highest BCUT2D eigenvalue weighted by atomic mass is 16.3. The van der Waals surface area contributed by atoms with E-state index in [1.54, 1.807) is 12.1 Å². The number of nitrogens with zero attached hydrogens (tertiary/aromatic N) is 2. The van der Waals surface area contributed by atoms with Crippen molar-refractivity contribution in [3.05, 3.63) is 35.9 Å². The van der Waals surface area contributed by atoms with E-state index in [0.29, 0.717) is 5.82 Å². The van der Waals surface area contributed by atoms with Gasteiger partial charge in [-0.3, -0.25) is 0 Å². The first-order valence-corrected chi connectivity index (χ1v) is 7.07. The van der Waals surface area contributed by atoms with E-state index in [4.69, 9.17) is 5.73 Å². The number of aromatic hydroxyl groups is 1. The summed E-state index contributed by atoms with van der Waals surface area (Å²) in [6.07, 6.45) is 1.86. The highest BCUT2D eigenvalue weighted by molar-refractivity contribution is 5.51. The van der Waals surface area contributed by atoms with Crippen LogP contribution in [-0.4, -0.2) is 28.2 Å². The molecule has 2 rings (SSSR count). The molecule has 0 saturated heterocycles. The minimum Gasteiger partial charge on any atom is -0.508 e. The van der Waals surface area contributed by atoms with Gasteiger partial charge in [0.25, 0.3) is 0 Å². The average molecular weight is 287 g/mol. The van der Waals surface area contributed by atoms with Crippen molar-refractivity contribution < 1.29 is 5.11 Å². The topological polar surface area (TPSA) is 96.1 Å². The number of aromatic nitrogens is 2. The minimum absolute atomic E-state index is 0.253. The monoisotopic (exact) mass is 287 g/mol. The molecule has 6 heteroatoms. The molecule has 5 N–H and O–H groups in total. The van der Waals surface area contributed by atoms with Gasteiger partial charge in [0.2, 0.25) is 5.95 Å². The number of rotatable bonds is 7. The molecule has 112 valence electrons. The first kappa shape index (κ1) is 14.9. The number of anilines is 3. The maximum atomic E-state index is 9.24. The molecule has 2 aromatic rings. The van der Waals surface area contributed by atoms with E-state index in [2.05, 4.69) is 27.5 Å². The van der Waals surface area contributed by atoms with Crippen LogP contribution in [0.5, 0.6) is 5.75 Å². The molecular formula is C15H21N5O. The molecular weight excluding hydrogens is 266 g/mol. The van der Waals surface area contributed by atoms with Gasteiger partial charge in [-0.25, -0.2) is 0 Å². The number of hydrogen-bond acceptors (Lipinski definition) is 6. The molecule has 6 nitrogen and oxygen atoms in total. The van der Waals surface area contributed by atoms with Gasteiger partial charge in [-0.15, -0.1) is 0 Å². The second-order valence-corrected chi connectivity index (χ2v) is 4.77. The molecule has 0 amide bonds. The Morgan fingerprint density at radius 2 is 1.67 bits per heavy atom. The zero-order valence-corrected chi connectivity index (χ0v) is 12.1. The second kappa shape index (κ2) is 7.33. The van der Waals surface area contributed by atoms with Crippen LogP contribution in [-0.2, 0) is 6.42 Å². The van der Waals surface area contributed by atoms with Gasteiger partial charge in [-0.1, -0.05) is 19.1 Å². The zero-order valence-electron chi connectivity index (χ0n) is 12.1. The van der Waals surface area contributed by atoms with Gasteiger partial charge in [0, 0.05) is 19.2 Å². The maximum absolute atomic E-state index is 9.24. The molecule has 1 aromatic carbocycles. The number of hydrogen-bond donors (Lipinski definition) is 4. The van der Waals surface area contributed by atoms with Crippen molar-refractivity contribution in [1.82, 2.24) is 9.97 Å². The van der Waals surface area contributed by atoms with Gasteiger partial charge in [0.1, 0.15) is 17.4 Å². The summed E-state index contributed by atoms with van der Waals surface area (Å²) in [5.74, 6) is 1.97. The fourth-order valence-corrected chi connectivity index (χ4v) is 1.90. The standard InChI is InChI=1S/C15H21N5O/c1-2-8-17-13-10-14(20-15(16)19-13)18-9-7-11-3-5-12(21)6-4-11/h3-6,10,21H,2,7-9H2,1H3,(H4,16,17,18,19,20). The van der Waals surface area contributed by atoms with E-state index in [-0.39, 0.29) is 11.7 Å². The summed E-state index contributed by atoms with van der Waals surface area (Å²) in [7, 11) is 0. The predicted octanol–water partition coefficient (Wildman–Crippen LogP) is 2.24. The molecule has 0 bridgehead atoms. The molecule has 0 saturated carbocycles. The highest BCUT2D eigenvalue weighted by Crippen LogP contribution is 2.13. The van der Waals surface area contributed by atoms with Crippen molar-refractivity contribution >= 4 is 17.6 Å². The fourth-order valence-electron chi connectivity index (χ4n) is 1.90. The lowest BCUT2D eigenvalue weighted by atomic mass is 10.1. The van der Waals surface area contributed by atoms with Crippen LogP contribution in [0.25, 0.3) is 0 Å². The van der Waals surface area contributed by atoms with Gasteiger partial charge in [0.05, 0.1) is 0 Å². The van der Waals surface area contributed by atoms with Crippen LogP contribution in [0.1, 0.15) is 18.9 Å². The van der Waals surface area contributed by atoms with Crippen molar-refractivity contribution in [1.29, 1.82) is 0 Å². The third kappa shape index (κ3) is 4.83. The zero-order chi connectivity index (χ0) is 15.1. The van der Waals surface area contributed by atoms with Gasteiger partial charge >= 0.3 is 0 Å². The maximum Gasteiger partial charge on any atom is 0.223 e. The Bertz CT molecular complexity index is 571. The molecule has 0 spiro atoms. The van der Waals surface area contributed by atoms with Crippen molar-refractivity contribution in [2.24, 2.45) is 0 Å². The van der Waals surface area contributed by atoms with Crippen LogP contribution in [0, 0.1) is 0 Å². The van der Waals surface area contributed by atoms with Gasteiger partial charge in [-0.05, 0) is 30.5 Å². The Labute approximate surface area is 124 Å². The number of phenols is 1. The molecule has 0 atom stereocenters. The first-order chi connectivity index (χ1) is 10.2. The first-order valence-electron chi connectivity index (χ1n) is 7.07. The lowest BCUT2D eigenvalue weighted by Crippen LogP contribution is -2.10. The summed E-state index contributed by atoms with van der Waals surface area (Å²) in [5.41, 5.74) is 6.85. The Hall–Kier alpha value is -2.50. The third-order valence-corrected chi connectivity index (χ3v) is 2.96. The quantitative estimate of drug-likeness (QED) is 0.623. The molecule has 1 heterocycles. The Balaban J connectivity index is 1.90. The number of benzene rings is 1. The molecule has 0 aliphatic rings. The summed E-state index contributed by atoms with van der Waals surface area (Å²) < 4.78 is 0.